The molecule has 3 aromatic rings. The predicted octanol–water partition coefficient (Wildman–Crippen LogP) is 4.75. The minimum Gasteiger partial charge on any atom is -0.355 e. The minimum atomic E-state index is -0.196. The second-order valence-corrected chi connectivity index (χ2v) is 6.89. The van der Waals surface area contributed by atoms with Gasteiger partial charge in [0.1, 0.15) is 0 Å². The van der Waals surface area contributed by atoms with E-state index < -0.39 is 0 Å². The molecule has 1 aromatic heterocycles. The summed E-state index contributed by atoms with van der Waals surface area (Å²) in [4.78, 5) is 24.8. The molecule has 0 spiro atoms. The number of nitrogens with zero attached hydrogens (tertiary/aromatic N) is 1. The lowest BCUT2D eigenvalue weighted by Gasteiger charge is -2.08. The van der Waals surface area contributed by atoms with Crippen LogP contribution < -0.4 is 5.32 Å². The molecule has 0 fully saturated rings. The quantitative estimate of drug-likeness (QED) is 0.615. The highest BCUT2D eigenvalue weighted by Gasteiger charge is 2.13. The normalized spacial score (nSPS) is 11.0. The molecule has 1 N–H and O–H groups in total. The van der Waals surface area contributed by atoms with Gasteiger partial charge in [-0.05, 0) is 36.8 Å². The molecule has 0 aliphatic carbocycles. The van der Waals surface area contributed by atoms with Gasteiger partial charge in [-0.1, -0.05) is 59.6 Å². The summed E-state index contributed by atoms with van der Waals surface area (Å²) in [6.07, 6.45) is 5.65. The van der Waals surface area contributed by atoms with Crippen molar-refractivity contribution in [3.8, 4) is 0 Å². The minimum absolute atomic E-state index is 0.0176. The van der Waals surface area contributed by atoms with E-state index in [0.29, 0.717) is 28.4 Å². The number of carbonyl (C=O) groups excluding carboxylic acids is 2. The van der Waals surface area contributed by atoms with Crippen LogP contribution in [-0.2, 0) is 6.54 Å². The van der Waals surface area contributed by atoms with E-state index in [1.54, 1.807) is 25.2 Å². The van der Waals surface area contributed by atoms with Gasteiger partial charge < -0.3 is 9.88 Å². The summed E-state index contributed by atoms with van der Waals surface area (Å²) in [5.41, 5.74) is 3.67. The topological polar surface area (TPSA) is 51.1 Å². The Hall–Kier alpha value is -3.11. The molecule has 4 nitrogen and oxygen atoms in total. The fourth-order valence-corrected chi connectivity index (χ4v) is 3.10. The summed E-state index contributed by atoms with van der Waals surface area (Å²) < 4.78 is 1.88. The van der Waals surface area contributed by atoms with Gasteiger partial charge in [-0.15, -0.1) is 0 Å². The Bertz CT molecular complexity index is 1030. The van der Waals surface area contributed by atoms with Crippen molar-refractivity contribution in [3.05, 3.63) is 99.8 Å². The zero-order valence-corrected chi connectivity index (χ0v) is 16.5. The summed E-state index contributed by atoms with van der Waals surface area (Å²) in [5, 5.41) is 3.12. The first kappa shape index (κ1) is 19.6. The number of hydrogen-bond donors (Lipinski definition) is 1. The third kappa shape index (κ3) is 4.41. The third-order valence-electron chi connectivity index (χ3n) is 4.46. The molecule has 0 atom stereocenters. The molecule has 28 heavy (non-hydrogen) atoms. The molecule has 3 rings (SSSR count). The van der Waals surface area contributed by atoms with Gasteiger partial charge in [0.15, 0.2) is 0 Å². The lowest BCUT2D eigenvalue weighted by Crippen LogP contribution is -2.18. The van der Waals surface area contributed by atoms with Crippen molar-refractivity contribution in [1.29, 1.82) is 0 Å². The summed E-state index contributed by atoms with van der Waals surface area (Å²) >= 11 is 6.01. The maximum absolute atomic E-state index is 12.8. The van der Waals surface area contributed by atoms with E-state index in [2.05, 4.69) is 5.32 Å². The SMILES string of the molecule is CNC(=O)c1cc(Cl)ccc1/C=C/Cn1cccc1C(=O)c1ccc(C)cc1. The van der Waals surface area contributed by atoms with E-state index in [-0.39, 0.29) is 11.7 Å². The first-order valence-corrected chi connectivity index (χ1v) is 9.32. The molecule has 2 aromatic carbocycles. The van der Waals surface area contributed by atoms with Gasteiger partial charge in [-0.25, -0.2) is 0 Å². The number of allylic oxidation sites excluding steroid dienone is 1. The van der Waals surface area contributed by atoms with Crippen molar-refractivity contribution < 1.29 is 9.59 Å². The number of benzene rings is 2. The van der Waals surface area contributed by atoms with Gasteiger partial charge in [0.05, 0.1) is 5.69 Å². The zero-order valence-electron chi connectivity index (χ0n) is 15.8. The number of aromatic nitrogens is 1. The Balaban J connectivity index is 1.80. The predicted molar refractivity (Wildman–Crippen MR) is 113 cm³/mol. The van der Waals surface area contributed by atoms with Crippen LogP contribution in [0.3, 0.4) is 0 Å². The Morgan fingerprint density at radius 3 is 2.57 bits per heavy atom. The molecule has 1 amide bonds. The molecule has 0 bridgehead atoms. The molecule has 142 valence electrons. The van der Waals surface area contributed by atoms with Crippen LogP contribution in [0.4, 0.5) is 0 Å². The highest BCUT2D eigenvalue weighted by molar-refractivity contribution is 6.31. The van der Waals surface area contributed by atoms with E-state index in [1.165, 1.54) is 0 Å². The first-order valence-electron chi connectivity index (χ1n) is 8.94. The fourth-order valence-electron chi connectivity index (χ4n) is 2.93. The highest BCUT2D eigenvalue weighted by atomic mass is 35.5. The number of hydrogen-bond acceptors (Lipinski definition) is 2. The molecule has 0 saturated carbocycles. The summed E-state index contributed by atoms with van der Waals surface area (Å²) in [7, 11) is 1.58. The molecule has 0 unspecified atom stereocenters. The van der Waals surface area contributed by atoms with E-state index in [1.807, 2.05) is 66.2 Å². The number of rotatable bonds is 6. The van der Waals surface area contributed by atoms with Crippen LogP contribution in [0.5, 0.6) is 0 Å². The molecule has 0 radical (unpaired) electrons. The molecule has 0 aliphatic heterocycles. The van der Waals surface area contributed by atoms with Crippen molar-refractivity contribution in [1.82, 2.24) is 9.88 Å². The summed E-state index contributed by atoms with van der Waals surface area (Å²) in [6.45, 7) is 2.50. The molecule has 0 saturated heterocycles. The number of halogens is 1. The Morgan fingerprint density at radius 2 is 1.86 bits per heavy atom. The number of ketones is 1. The Morgan fingerprint density at radius 1 is 1.11 bits per heavy atom. The maximum atomic E-state index is 12.8. The lowest BCUT2D eigenvalue weighted by atomic mass is 10.1. The van der Waals surface area contributed by atoms with E-state index >= 15 is 0 Å². The van der Waals surface area contributed by atoms with Crippen LogP contribution in [0.1, 0.15) is 37.5 Å². The summed E-state index contributed by atoms with van der Waals surface area (Å²) in [6, 6.07) is 16.4. The van der Waals surface area contributed by atoms with Crippen molar-refractivity contribution >= 4 is 29.4 Å². The van der Waals surface area contributed by atoms with Gasteiger partial charge in [0.2, 0.25) is 5.78 Å². The van der Waals surface area contributed by atoms with Crippen LogP contribution in [0.25, 0.3) is 6.08 Å². The van der Waals surface area contributed by atoms with Crippen LogP contribution in [-0.4, -0.2) is 23.3 Å². The van der Waals surface area contributed by atoms with Crippen LogP contribution >= 0.6 is 11.6 Å². The average molecular weight is 393 g/mol. The van der Waals surface area contributed by atoms with Gasteiger partial charge in [-0.2, -0.15) is 0 Å². The van der Waals surface area contributed by atoms with E-state index in [4.69, 9.17) is 11.6 Å². The fraction of sp³-hybridized carbons (Fsp3) is 0.130. The van der Waals surface area contributed by atoms with Crippen molar-refractivity contribution in [2.45, 2.75) is 13.5 Å². The molecule has 5 heteroatoms. The second-order valence-electron chi connectivity index (χ2n) is 6.45. The largest absolute Gasteiger partial charge is 0.355 e. The maximum Gasteiger partial charge on any atom is 0.251 e. The van der Waals surface area contributed by atoms with Crippen LogP contribution in [0, 0.1) is 6.92 Å². The molecular weight excluding hydrogens is 372 g/mol. The lowest BCUT2D eigenvalue weighted by molar-refractivity contribution is 0.0962. The molecule has 0 aliphatic rings. The van der Waals surface area contributed by atoms with Gasteiger partial charge >= 0.3 is 0 Å². The van der Waals surface area contributed by atoms with Gasteiger partial charge in [-0.3, -0.25) is 9.59 Å². The summed E-state index contributed by atoms with van der Waals surface area (Å²) in [5.74, 6) is -0.214. The van der Waals surface area contributed by atoms with E-state index in [9.17, 15) is 9.59 Å². The average Bonchev–Trinajstić information content (AvgIpc) is 3.17. The Labute approximate surface area is 169 Å². The molecular formula is C23H21ClN2O2. The van der Waals surface area contributed by atoms with Crippen molar-refractivity contribution in [2.24, 2.45) is 0 Å². The van der Waals surface area contributed by atoms with Crippen molar-refractivity contribution in [3.63, 3.8) is 0 Å². The van der Waals surface area contributed by atoms with Gasteiger partial charge in [0, 0.05) is 35.9 Å². The first-order chi connectivity index (χ1) is 13.5. The van der Waals surface area contributed by atoms with Crippen molar-refractivity contribution in [2.75, 3.05) is 7.05 Å². The van der Waals surface area contributed by atoms with Crippen LogP contribution in [0.2, 0.25) is 5.02 Å². The highest BCUT2D eigenvalue weighted by Crippen LogP contribution is 2.18. The van der Waals surface area contributed by atoms with Gasteiger partial charge in [0.25, 0.3) is 5.91 Å². The molecule has 1 heterocycles. The van der Waals surface area contributed by atoms with E-state index in [0.717, 1.165) is 11.1 Å². The number of aryl methyl sites for hydroxylation is 1. The number of carbonyl (C=O) groups is 2. The second kappa shape index (κ2) is 8.72. The number of nitrogens with one attached hydrogen (secondary N) is 1. The van der Waals surface area contributed by atoms with Crippen LogP contribution in [0.15, 0.2) is 66.9 Å². The smallest absolute Gasteiger partial charge is 0.251 e. The zero-order chi connectivity index (χ0) is 20.1. The third-order valence-corrected chi connectivity index (χ3v) is 4.70. The Kier molecular flexibility index (Phi) is 6.12. The monoisotopic (exact) mass is 392 g/mol. The standard InChI is InChI=1S/C23H21ClN2O2/c1-16-7-9-18(10-8-16)22(27)21-6-4-14-26(21)13-3-5-17-11-12-19(24)15-20(17)23(28)25-2/h3-12,14-15H,13H2,1-2H3,(H,25,28)/b5-3+. The number of amides is 1.